The van der Waals surface area contributed by atoms with Crippen LogP contribution in [0.3, 0.4) is 0 Å². The summed E-state index contributed by atoms with van der Waals surface area (Å²) in [5.74, 6) is 0.521. The van der Waals surface area contributed by atoms with Crippen molar-refractivity contribution in [2.24, 2.45) is 11.7 Å². The molecule has 18 heavy (non-hydrogen) atoms. The van der Waals surface area contributed by atoms with Gasteiger partial charge in [0.25, 0.3) is 5.91 Å². The molecule has 1 saturated carbocycles. The van der Waals surface area contributed by atoms with Gasteiger partial charge >= 0.3 is 0 Å². The summed E-state index contributed by atoms with van der Waals surface area (Å²) < 4.78 is 1.90. The standard InChI is InChI=1S/C13H20N4O/c14-13(18)11-6-15-17(8-11)12-4-5-16(9-12)7-10-2-1-3-10/h6,8,10,12H,1-5,7,9H2,(H2,14,18). The average Bonchev–Trinajstić information content (AvgIpc) is 2.92. The summed E-state index contributed by atoms with van der Waals surface area (Å²) in [6.45, 7) is 3.43. The van der Waals surface area contributed by atoms with Gasteiger partial charge in [0.1, 0.15) is 0 Å². The lowest BCUT2D eigenvalue weighted by molar-refractivity contribution is 0.1000. The first kappa shape index (κ1) is 11.7. The Labute approximate surface area is 107 Å². The molecule has 0 bridgehead atoms. The minimum absolute atomic E-state index is 0.398. The summed E-state index contributed by atoms with van der Waals surface area (Å²) in [4.78, 5) is 13.6. The van der Waals surface area contributed by atoms with Crippen LogP contribution >= 0.6 is 0 Å². The lowest BCUT2D eigenvalue weighted by Gasteiger charge is -2.29. The molecule has 1 aromatic rings. The molecule has 2 heterocycles. The van der Waals surface area contributed by atoms with E-state index in [-0.39, 0.29) is 0 Å². The second-order valence-corrected chi connectivity index (χ2v) is 5.57. The molecule has 2 N–H and O–H groups in total. The number of hydrogen-bond donors (Lipinski definition) is 1. The smallest absolute Gasteiger partial charge is 0.251 e. The Hall–Kier alpha value is -1.36. The number of rotatable bonds is 4. The third kappa shape index (κ3) is 2.27. The van der Waals surface area contributed by atoms with E-state index in [1.165, 1.54) is 25.8 Å². The molecule has 1 saturated heterocycles. The predicted octanol–water partition coefficient (Wildman–Crippen LogP) is 1.03. The van der Waals surface area contributed by atoms with E-state index < -0.39 is 5.91 Å². The van der Waals surface area contributed by atoms with Gasteiger partial charge < -0.3 is 10.6 Å². The molecule has 1 aliphatic heterocycles. The fraction of sp³-hybridized carbons (Fsp3) is 0.692. The van der Waals surface area contributed by atoms with Gasteiger partial charge in [-0.1, -0.05) is 6.42 Å². The Kier molecular flexibility index (Phi) is 3.07. The fourth-order valence-corrected chi connectivity index (χ4v) is 2.90. The molecule has 1 amide bonds. The maximum Gasteiger partial charge on any atom is 0.251 e. The topological polar surface area (TPSA) is 64.2 Å². The van der Waals surface area contributed by atoms with Gasteiger partial charge in [-0.3, -0.25) is 9.48 Å². The summed E-state index contributed by atoms with van der Waals surface area (Å²) in [5.41, 5.74) is 5.75. The van der Waals surface area contributed by atoms with E-state index in [1.54, 1.807) is 12.4 Å². The van der Waals surface area contributed by atoms with Crippen molar-refractivity contribution in [3.05, 3.63) is 18.0 Å². The second kappa shape index (κ2) is 4.72. The first-order valence-corrected chi connectivity index (χ1v) is 6.78. The van der Waals surface area contributed by atoms with Crippen LogP contribution in [-0.2, 0) is 0 Å². The van der Waals surface area contributed by atoms with Gasteiger partial charge in [0.05, 0.1) is 17.8 Å². The van der Waals surface area contributed by atoms with E-state index in [2.05, 4.69) is 10.00 Å². The Balaban J connectivity index is 1.58. The molecule has 98 valence electrons. The number of amides is 1. The van der Waals surface area contributed by atoms with Crippen LogP contribution in [0.25, 0.3) is 0 Å². The molecular weight excluding hydrogens is 228 g/mol. The van der Waals surface area contributed by atoms with E-state index >= 15 is 0 Å². The Morgan fingerprint density at radius 2 is 2.28 bits per heavy atom. The SMILES string of the molecule is NC(=O)c1cnn(C2CCN(CC3CCC3)C2)c1. The quantitative estimate of drug-likeness (QED) is 0.865. The highest BCUT2D eigenvalue weighted by molar-refractivity contribution is 5.92. The number of carbonyl (C=O) groups is 1. The molecule has 0 aromatic carbocycles. The van der Waals surface area contributed by atoms with E-state index in [1.807, 2.05) is 4.68 Å². The van der Waals surface area contributed by atoms with E-state index in [9.17, 15) is 4.79 Å². The van der Waals surface area contributed by atoms with Gasteiger partial charge in [0, 0.05) is 25.8 Å². The summed E-state index contributed by atoms with van der Waals surface area (Å²) in [6, 6.07) is 0.401. The summed E-state index contributed by atoms with van der Waals surface area (Å²) in [5, 5.41) is 4.26. The lowest BCUT2D eigenvalue weighted by Crippen LogP contribution is -2.31. The summed E-state index contributed by atoms with van der Waals surface area (Å²) in [7, 11) is 0. The highest BCUT2D eigenvalue weighted by Gasteiger charge is 2.28. The van der Waals surface area contributed by atoms with Crippen molar-refractivity contribution in [3.8, 4) is 0 Å². The summed E-state index contributed by atoms with van der Waals surface area (Å²) >= 11 is 0. The van der Waals surface area contributed by atoms with Crippen molar-refractivity contribution in [1.29, 1.82) is 0 Å². The Morgan fingerprint density at radius 1 is 1.44 bits per heavy atom. The van der Waals surface area contributed by atoms with Crippen molar-refractivity contribution in [1.82, 2.24) is 14.7 Å². The van der Waals surface area contributed by atoms with E-state index in [0.717, 1.165) is 25.4 Å². The number of nitrogens with zero attached hydrogens (tertiary/aromatic N) is 3. The van der Waals surface area contributed by atoms with Crippen molar-refractivity contribution in [3.63, 3.8) is 0 Å². The third-order valence-electron chi connectivity index (χ3n) is 4.25. The van der Waals surface area contributed by atoms with Crippen LogP contribution in [0.15, 0.2) is 12.4 Å². The fourth-order valence-electron chi connectivity index (χ4n) is 2.90. The van der Waals surface area contributed by atoms with Gasteiger partial charge in [0.2, 0.25) is 0 Å². The van der Waals surface area contributed by atoms with Crippen LogP contribution in [-0.4, -0.2) is 40.2 Å². The number of primary amides is 1. The molecule has 1 unspecified atom stereocenters. The molecular formula is C13H20N4O. The summed E-state index contributed by atoms with van der Waals surface area (Å²) in [6.07, 6.45) is 8.66. The van der Waals surface area contributed by atoms with Gasteiger partial charge in [-0.15, -0.1) is 0 Å². The Morgan fingerprint density at radius 3 is 2.89 bits per heavy atom. The minimum Gasteiger partial charge on any atom is -0.366 e. The molecule has 2 fully saturated rings. The Bertz CT molecular complexity index is 438. The highest BCUT2D eigenvalue weighted by Crippen LogP contribution is 2.30. The normalized spacial score (nSPS) is 25.2. The monoisotopic (exact) mass is 248 g/mol. The highest BCUT2D eigenvalue weighted by atomic mass is 16.1. The molecule has 0 spiro atoms. The van der Waals surface area contributed by atoms with Crippen molar-refractivity contribution in [2.75, 3.05) is 19.6 Å². The lowest BCUT2D eigenvalue weighted by atomic mass is 9.85. The van der Waals surface area contributed by atoms with Gasteiger partial charge in [-0.25, -0.2) is 0 Å². The molecule has 5 nitrogen and oxygen atoms in total. The minimum atomic E-state index is -0.398. The second-order valence-electron chi connectivity index (χ2n) is 5.57. The van der Waals surface area contributed by atoms with Gasteiger partial charge in [0.15, 0.2) is 0 Å². The zero-order chi connectivity index (χ0) is 12.5. The maximum atomic E-state index is 11.0. The van der Waals surface area contributed by atoms with Crippen molar-refractivity contribution < 1.29 is 4.79 Å². The van der Waals surface area contributed by atoms with Gasteiger partial charge in [-0.05, 0) is 25.2 Å². The molecule has 1 atom stereocenters. The molecule has 1 aromatic heterocycles. The van der Waals surface area contributed by atoms with Crippen LogP contribution in [0.1, 0.15) is 42.1 Å². The van der Waals surface area contributed by atoms with Crippen molar-refractivity contribution >= 4 is 5.91 Å². The molecule has 0 radical (unpaired) electrons. The number of hydrogen-bond acceptors (Lipinski definition) is 3. The number of nitrogens with two attached hydrogens (primary N) is 1. The first-order chi connectivity index (χ1) is 8.72. The zero-order valence-electron chi connectivity index (χ0n) is 10.6. The first-order valence-electron chi connectivity index (χ1n) is 6.78. The molecule has 3 rings (SSSR count). The maximum absolute atomic E-state index is 11.0. The molecule has 5 heteroatoms. The van der Waals surface area contributed by atoms with Crippen molar-refractivity contribution in [2.45, 2.75) is 31.7 Å². The zero-order valence-corrected chi connectivity index (χ0v) is 10.6. The number of aromatic nitrogens is 2. The van der Waals surface area contributed by atoms with Crippen LogP contribution in [0.2, 0.25) is 0 Å². The van der Waals surface area contributed by atoms with Gasteiger partial charge in [-0.2, -0.15) is 5.10 Å². The largest absolute Gasteiger partial charge is 0.366 e. The van der Waals surface area contributed by atoms with Crippen LogP contribution in [0.4, 0.5) is 0 Å². The van der Waals surface area contributed by atoms with E-state index in [4.69, 9.17) is 5.73 Å². The van der Waals surface area contributed by atoms with Crippen LogP contribution in [0.5, 0.6) is 0 Å². The third-order valence-corrected chi connectivity index (χ3v) is 4.25. The number of carbonyl (C=O) groups excluding carboxylic acids is 1. The number of likely N-dealkylation sites (tertiary alicyclic amines) is 1. The van der Waals surface area contributed by atoms with Crippen LogP contribution in [0, 0.1) is 5.92 Å². The van der Waals surface area contributed by atoms with Crippen LogP contribution < -0.4 is 5.73 Å². The molecule has 2 aliphatic rings. The predicted molar refractivity (Wildman–Crippen MR) is 68.2 cm³/mol. The molecule has 1 aliphatic carbocycles. The average molecular weight is 248 g/mol. The van der Waals surface area contributed by atoms with E-state index in [0.29, 0.717) is 11.6 Å².